The zero-order chi connectivity index (χ0) is 18.5. The SMILES string of the molecule is COC1(N(c2ccccc2)c2ccccc2)C=CC(c2ccccc2)C=C1. The summed E-state index contributed by atoms with van der Waals surface area (Å²) in [5.41, 5.74) is 2.77. The van der Waals surface area contributed by atoms with Gasteiger partial charge < -0.3 is 9.64 Å². The quantitative estimate of drug-likeness (QED) is 0.407. The van der Waals surface area contributed by atoms with Crippen LogP contribution in [0.1, 0.15) is 11.5 Å². The van der Waals surface area contributed by atoms with E-state index in [0.717, 1.165) is 11.4 Å². The molecule has 134 valence electrons. The zero-order valence-corrected chi connectivity index (χ0v) is 15.4. The molecule has 0 saturated heterocycles. The number of nitrogens with zero attached hydrogens (tertiary/aromatic N) is 1. The van der Waals surface area contributed by atoms with Gasteiger partial charge >= 0.3 is 0 Å². The summed E-state index contributed by atoms with van der Waals surface area (Å²) in [4.78, 5) is 2.22. The molecule has 0 N–H and O–H groups in total. The van der Waals surface area contributed by atoms with E-state index in [0.29, 0.717) is 0 Å². The third-order valence-electron chi connectivity index (χ3n) is 4.97. The average Bonchev–Trinajstić information content (AvgIpc) is 2.76. The van der Waals surface area contributed by atoms with Crippen LogP contribution in [-0.2, 0) is 4.74 Å². The summed E-state index contributed by atoms with van der Waals surface area (Å²) in [5.74, 6) is 0.253. The first-order valence-electron chi connectivity index (χ1n) is 9.21. The van der Waals surface area contributed by atoms with Gasteiger partial charge in [0.2, 0.25) is 0 Å². The number of rotatable bonds is 5. The van der Waals surface area contributed by atoms with Crippen molar-refractivity contribution < 1.29 is 4.74 Å². The van der Waals surface area contributed by atoms with Crippen LogP contribution < -0.4 is 4.90 Å². The summed E-state index contributed by atoms with van der Waals surface area (Å²) >= 11 is 0. The van der Waals surface area contributed by atoms with Crippen molar-refractivity contribution in [2.45, 2.75) is 11.6 Å². The van der Waals surface area contributed by atoms with Gasteiger partial charge in [0, 0.05) is 24.4 Å². The Kier molecular flexibility index (Phi) is 4.91. The molecule has 1 aliphatic carbocycles. The molecule has 0 aliphatic heterocycles. The van der Waals surface area contributed by atoms with E-state index in [4.69, 9.17) is 4.74 Å². The summed E-state index contributed by atoms with van der Waals surface area (Å²) in [6.07, 6.45) is 8.75. The van der Waals surface area contributed by atoms with Gasteiger partial charge in [-0.1, -0.05) is 78.9 Å². The molecule has 1 aliphatic rings. The van der Waals surface area contributed by atoms with Gasteiger partial charge in [-0.25, -0.2) is 0 Å². The van der Waals surface area contributed by atoms with Crippen molar-refractivity contribution in [3.63, 3.8) is 0 Å². The Morgan fingerprint density at radius 2 is 1.11 bits per heavy atom. The largest absolute Gasteiger partial charge is 0.351 e. The highest BCUT2D eigenvalue weighted by Crippen LogP contribution is 2.39. The predicted molar refractivity (Wildman–Crippen MR) is 112 cm³/mol. The molecule has 0 aromatic heterocycles. The van der Waals surface area contributed by atoms with Gasteiger partial charge in [-0.05, 0) is 42.0 Å². The molecule has 0 unspecified atom stereocenters. The Bertz CT molecular complexity index is 863. The first kappa shape index (κ1) is 17.3. The molecule has 0 radical (unpaired) electrons. The fourth-order valence-electron chi connectivity index (χ4n) is 3.58. The standard InChI is InChI=1S/C25H23NO/c1-27-25(19-17-22(18-20-25)21-11-5-2-6-12-21)26(23-13-7-3-8-14-23)24-15-9-4-10-16-24/h2-20,22H,1H3. The van der Waals surface area contributed by atoms with Crippen LogP contribution in [0.2, 0.25) is 0 Å². The highest BCUT2D eigenvalue weighted by molar-refractivity contribution is 5.67. The topological polar surface area (TPSA) is 12.5 Å². The monoisotopic (exact) mass is 353 g/mol. The maximum Gasteiger partial charge on any atom is 0.183 e. The van der Waals surface area contributed by atoms with E-state index in [1.54, 1.807) is 7.11 Å². The van der Waals surface area contributed by atoms with Gasteiger partial charge in [0.25, 0.3) is 0 Å². The second-order valence-electron chi connectivity index (χ2n) is 6.62. The highest BCUT2D eigenvalue weighted by Gasteiger charge is 2.35. The molecular formula is C25H23NO. The van der Waals surface area contributed by atoms with Crippen molar-refractivity contribution in [2.24, 2.45) is 0 Å². The zero-order valence-electron chi connectivity index (χ0n) is 15.4. The molecule has 0 heterocycles. The minimum atomic E-state index is -0.673. The lowest BCUT2D eigenvalue weighted by Crippen LogP contribution is -2.45. The number of allylic oxidation sites excluding steroid dienone is 2. The highest BCUT2D eigenvalue weighted by atomic mass is 16.5. The molecule has 0 saturated carbocycles. The molecule has 0 atom stereocenters. The Morgan fingerprint density at radius 1 is 0.667 bits per heavy atom. The van der Waals surface area contributed by atoms with Gasteiger partial charge in [-0.2, -0.15) is 0 Å². The van der Waals surface area contributed by atoms with Crippen molar-refractivity contribution in [2.75, 3.05) is 12.0 Å². The minimum Gasteiger partial charge on any atom is -0.351 e. The molecule has 2 nitrogen and oxygen atoms in total. The lowest BCUT2D eigenvalue weighted by molar-refractivity contribution is 0.0781. The van der Waals surface area contributed by atoms with Crippen molar-refractivity contribution in [1.29, 1.82) is 0 Å². The number of benzene rings is 3. The summed E-state index contributed by atoms with van der Waals surface area (Å²) in [6.45, 7) is 0. The number of methoxy groups -OCH3 is 1. The Labute approximate surface area is 161 Å². The molecule has 3 aromatic rings. The van der Waals surface area contributed by atoms with Crippen molar-refractivity contribution in [1.82, 2.24) is 0 Å². The van der Waals surface area contributed by atoms with E-state index in [2.05, 4.69) is 102 Å². The lowest BCUT2D eigenvalue weighted by Gasteiger charge is -2.42. The number of hydrogen-bond acceptors (Lipinski definition) is 2. The van der Waals surface area contributed by atoms with Gasteiger partial charge in [-0.15, -0.1) is 0 Å². The van der Waals surface area contributed by atoms with Crippen LogP contribution >= 0.6 is 0 Å². The fraction of sp³-hybridized carbons (Fsp3) is 0.120. The second-order valence-corrected chi connectivity index (χ2v) is 6.62. The number of anilines is 2. The fourth-order valence-corrected chi connectivity index (χ4v) is 3.58. The Hall–Kier alpha value is -3.10. The Morgan fingerprint density at radius 3 is 1.56 bits per heavy atom. The normalized spacial score (nSPS) is 21.1. The van der Waals surface area contributed by atoms with Crippen LogP contribution in [0.15, 0.2) is 115 Å². The molecule has 2 heteroatoms. The van der Waals surface area contributed by atoms with E-state index in [9.17, 15) is 0 Å². The van der Waals surface area contributed by atoms with Gasteiger partial charge in [0.1, 0.15) is 0 Å². The number of hydrogen-bond donors (Lipinski definition) is 0. The van der Waals surface area contributed by atoms with E-state index in [1.807, 2.05) is 18.2 Å². The molecule has 0 amide bonds. The molecule has 0 spiro atoms. The van der Waals surface area contributed by atoms with Crippen LogP contribution in [-0.4, -0.2) is 12.8 Å². The molecule has 0 bridgehead atoms. The average molecular weight is 353 g/mol. The maximum atomic E-state index is 6.09. The first-order chi connectivity index (χ1) is 13.3. The first-order valence-corrected chi connectivity index (χ1v) is 9.21. The Balaban J connectivity index is 1.76. The molecule has 0 fully saturated rings. The van der Waals surface area contributed by atoms with Gasteiger partial charge in [0.15, 0.2) is 5.72 Å². The summed E-state index contributed by atoms with van der Waals surface area (Å²) in [7, 11) is 1.76. The summed E-state index contributed by atoms with van der Waals surface area (Å²) in [5, 5.41) is 0. The molecular weight excluding hydrogens is 330 g/mol. The van der Waals surface area contributed by atoms with Crippen LogP contribution in [0.5, 0.6) is 0 Å². The molecule has 4 rings (SSSR count). The van der Waals surface area contributed by atoms with Crippen molar-refractivity contribution in [3.8, 4) is 0 Å². The van der Waals surface area contributed by atoms with Crippen LogP contribution in [0.25, 0.3) is 0 Å². The number of para-hydroxylation sites is 2. The summed E-state index contributed by atoms with van der Waals surface area (Å²) < 4.78 is 6.09. The van der Waals surface area contributed by atoms with Crippen molar-refractivity contribution >= 4 is 11.4 Å². The smallest absolute Gasteiger partial charge is 0.183 e. The lowest BCUT2D eigenvalue weighted by atomic mass is 9.90. The summed E-state index contributed by atoms with van der Waals surface area (Å²) in [6, 6.07) is 31.2. The van der Waals surface area contributed by atoms with Crippen LogP contribution in [0, 0.1) is 0 Å². The van der Waals surface area contributed by atoms with Gasteiger partial charge in [0.05, 0.1) is 0 Å². The second kappa shape index (κ2) is 7.65. The van der Waals surface area contributed by atoms with E-state index < -0.39 is 5.72 Å². The minimum absolute atomic E-state index is 0.253. The van der Waals surface area contributed by atoms with E-state index in [1.165, 1.54) is 5.56 Å². The van der Waals surface area contributed by atoms with Gasteiger partial charge in [-0.3, -0.25) is 0 Å². The predicted octanol–water partition coefficient (Wildman–Crippen LogP) is 6.08. The number of ether oxygens (including phenoxy) is 1. The van der Waals surface area contributed by atoms with Crippen LogP contribution in [0.4, 0.5) is 11.4 Å². The third kappa shape index (κ3) is 3.44. The van der Waals surface area contributed by atoms with Crippen molar-refractivity contribution in [3.05, 3.63) is 121 Å². The van der Waals surface area contributed by atoms with E-state index in [-0.39, 0.29) is 5.92 Å². The third-order valence-corrected chi connectivity index (χ3v) is 4.97. The molecule has 27 heavy (non-hydrogen) atoms. The van der Waals surface area contributed by atoms with Crippen LogP contribution in [0.3, 0.4) is 0 Å². The van der Waals surface area contributed by atoms with E-state index >= 15 is 0 Å². The maximum absolute atomic E-state index is 6.09. The molecule has 3 aromatic carbocycles.